The van der Waals surface area contributed by atoms with Crippen LogP contribution in [0.2, 0.25) is 0 Å². The lowest BCUT2D eigenvalue weighted by atomic mass is 9.92. The normalized spacial score (nSPS) is 21.2. The molecule has 2 N–H and O–H groups in total. The monoisotopic (exact) mass is 704 g/mol. The van der Waals surface area contributed by atoms with E-state index in [0.717, 1.165) is 92.8 Å². The fourth-order valence-corrected chi connectivity index (χ4v) is 8.63. The number of rotatable bonds is 11. The molecule has 0 bridgehead atoms. The molecule has 0 aliphatic carbocycles. The van der Waals surface area contributed by atoms with Crippen molar-refractivity contribution in [1.82, 2.24) is 29.7 Å². The molecule has 3 aliphatic heterocycles. The van der Waals surface area contributed by atoms with Gasteiger partial charge in [-0.15, -0.1) is 0 Å². The van der Waals surface area contributed by atoms with Crippen molar-refractivity contribution in [3.63, 3.8) is 0 Å². The minimum Gasteiger partial charge on any atom is -0.488 e. The van der Waals surface area contributed by atoms with E-state index in [9.17, 15) is 9.59 Å². The average molecular weight is 705 g/mol. The summed E-state index contributed by atoms with van der Waals surface area (Å²) >= 11 is 0. The highest BCUT2D eigenvalue weighted by Gasteiger charge is 2.39. The SMILES string of the molecule is CCCC(=O)N1C[C@@H](COC)CC1c1nc2c(ccc3cc4c(cc32)OCc2cc(-c3cnc([C@@H]5C[C@H](COC)CN5C(=O)CCC)[nH]3)ccc2-4)[nH]1. The summed E-state index contributed by atoms with van der Waals surface area (Å²) in [6, 6.07) is 14.8. The van der Waals surface area contributed by atoms with Gasteiger partial charge in [0.15, 0.2) is 0 Å². The van der Waals surface area contributed by atoms with Gasteiger partial charge in [-0.3, -0.25) is 9.59 Å². The molecule has 5 aromatic rings. The molecule has 0 saturated carbocycles. The van der Waals surface area contributed by atoms with Gasteiger partial charge in [0, 0.05) is 62.9 Å². The van der Waals surface area contributed by atoms with Crippen LogP contribution in [0.15, 0.2) is 48.7 Å². The Morgan fingerprint density at radius 3 is 2.21 bits per heavy atom. The quantitative estimate of drug-likeness (QED) is 0.147. The second-order valence-corrected chi connectivity index (χ2v) is 14.7. The zero-order valence-electron chi connectivity index (χ0n) is 30.5. The molecule has 2 fully saturated rings. The Balaban J connectivity index is 1.07. The highest BCUT2D eigenvalue weighted by atomic mass is 16.5. The summed E-state index contributed by atoms with van der Waals surface area (Å²) in [4.78, 5) is 47.1. The van der Waals surface area contributed by atoms with Crippen molar-refractivity contribution in [3.8, 4) is 28.1 Å². The van der Waals surface area contributed by atoms with Gasteiger partial charge in [-0.05, 0) is 72.0 Å². The summed E-state index contributed by atoms with van der Waals surface area (Å²) in [5.74, 6) is 3.39. The Labute approximate surface area is 304 Å². The maximum absolute atomic E-state index is 13.1. The summed E-state index contributed by atoms with van der Waals surface area (Å²) in [5, 5.41) is 2.10. The summed E-state index contributed by atoms with van der Waals surface area (Å²) in [5.41, 5.74) is 7.08. The van der Waals surface area contributed by atoms with Crippen LogP contribution in [0, 0.1) is 11.8 Å². The second kappa shape index (κ2) is 14.4. The number of carbonyl (C=O) groups is 2. The largest absolute Gasteiger partial charge is 0.488 e. The molecule has 2 amide bonds. The highest BCUT2D eigenvalue weighted by molar-refractivity contribution is 6.07. The number of H-pyrrole nitrogens is 2. The third-order valence-corrected chi connectivity index (χ3v) is 11.1. The number of aromatic amines is 2. The molecular weight excluding hydrogens is 656 g/mol. The van der Waals surface area contributed by atoms with E-state index in [2.05, 4.69) is 52.4 Å². The third kappa shape index (κ3) is 6.23. The highest BCUT2D eigenvalue weighted by Crippen LogP contribution is 2.44. The van der Waals surface area contributed by atoms with Crippen molar-refractivity contribution < 1.29 is 23.8 Å². The van der Waals surface area contributed by atoms with Crippen molar-refractivity contribution in [2.75, 3.05) is 40.5 Å². The van der Waals surface area contributed by atoms with Gasteiger partial charge in [0.05, 0.1) is 48.2 Å². The first kappa shape index (κ1) is 34.4. The van der Waals surface area contributed by atoms with Crippen molar-refractivity contribution in [3.05, 3.63) is 65.9 Å². The van der Waals surface area contributed by atoms with E-state index in [-0.39, 0.29) is 29.8 Å². The average Bonchev–Trinajstić information content (AvgIpc) is 3.96. The zero-order chi connectivity index (χ0) is 35.9. The number of carbonyl (C=O) groups excluding carboxylic acids is 2. The van der Waals surface area contributed by atoms with Gasteiger partial charge in [0.2, 0.25) is 11.8 Å². The van der Waals surface area contributed by atoms with Gasteiger partial charge in [-0.1, -0.05) is 32.0 Å². The summed E-state index contributed by atoms with van der Waals surface area (Å²) in [6.45, 7) is 7.17. The number of likely N-dealkylation sites (tertiary alicyclic amines) is 2. The van der Waals surface area contributed by atoms with E-state index < -0.39 is 0 Å². The molecular formula is C41H48N6O5. The Bertz CT molecular complexity index is 2120. The van der Waals surface area contributed by atoms with Crippen LogP contribution in [0.5, 0.6) is 5.75 Å². The van der Waals surface area contributed by atoms with Crippen molar-refractivity contribution >= 4 is 33.6 Å². The lowest BCUT2D eigenvalue weighted by Gasteiger charge is -2.23. The van der Waals surface area contributed by atoms with Gasteiger partial charge in [-0.2, -0.15) is 0 Å². The molecule has 11 nitrogen and oxygen atoms in total. The number of amides is 2. The molecule has 4 atom stereocenters. The Morgan fingerprint density at radius 2 is 1.54 bits per heavy atom. The number of ether oxygens (including phenoxy) is 3. The van der Waals surface area contributed by atoms with E-state index in [1.165, 1.54) is 0 Å². The van der Waals surface area contributed by atoms with Crippen LogP contribution in [0.4, 0.5) is 0 Å². The number of nitrogens with one attached hydrogen (secondary N) is 2. The molecule has 52 heavy (non-hydrogen) atoms. The molecule has 5 heterocycles. The predicted molar refractivity (Wildman–Crippen MR) is 200 cm³/mol. The van der Waals surface area contributed by atoms with Gasteiger partial charge in [0.1, 0.15) is 24.0 Å². The number of fused-ring (bicyclic) bond motifs is 6. The minimum atomic E-state index is -0.101. The maximum atomic E-state index is 13.1. The minimum absolute atomic E-state index is 0.0839. The van der Waals surface area contributed by atoms with Gasteiger partial charge in [0.25, 0.3) is 0 Å². The third-order valence-electron chi connectivity index (χ3n) is 11.1. The van der Waals surface area contributed by atoms with Crippen LogP contribution in [-0.2, 0) is 25.7 Å². The van der Waals surface area contributed by atoms with Crippen LogP contribution < -0.4 is 4.74 Å². The lowest BCUT2D eigenvalue weighted by molar-refractivity contribution is -0.133. The van der Waals surface area contributed by atoms with Gasteiger partial charge >= 0.3 is 0 Å². The van der Waals surface area contributed by atoms with Crippen LogP contribution in [0.25, 0.3) is 44.2 Å². The summed E-state index contributed by atoms with van der Waals surface area (Å²) in [7, 11) is 3.43. The molecule has 8 rings (SSSR count). The van der Waals surface area contributed by atoms with E-state index in [1.54, 1.807) is 14.2 Å². The second-order valence-electron chi connectivity index (χ2n) is 14.7. The van der Waals surface area contributed by atoms with Crippen molar-refractivity contribution in [2.45, 2.75) is 71.1 Å². The molecule has 272 valence electrons. The Morgan fingerprint density at radius 1 is 0.846 bits per heavy atom. The number of hydrogen-bond donors (Lipinski definition) is 2. The number of methoxy groups -OCH3 is 2. The van der Waals surface area contributed by atoms with Gasteiger partial charge < -0.3 is 34.0 Å². The first-order chi connectivity index (χ1) is 25.4. The molecule has 2 saturated heterocycles. The fourth-order valence-electron chi connectivity index (χ4n) is 8.63. The Hall–Kier alpha value is -4.74. The van der Waals surface area contributed by atoms with E-state index in [1.807, 2.05) is 29.8 Å². The molecule has 0 spiro atoms. The number of hydrogen-bond acceptors (Lipinski definition) is 7. The molecule has 0 radical (unpaired) electrons. The van der Waals surface area contributed by atoms with Crippen molar-refractivity contribution in [2.24, 2.45) is 11.8 Å². The van der Waals surface area contributed by atoms with Crippen LogP contribution in [-0.4, -0.2) is 82.1 Å². The molecule has 1 unspecified atom stereocenters. The van der Waals surface area contributed by atoms with E-state index in [4.69, 9.17) is 24.2 Å². The van der Waals surface area contributed by atoms with E-state index >= 15 is 0 Å². The standard InChI is InChI=1S/C41H48N6O5/c1-5-7-37(48)46-19-24(21-50-3)13-34(46)40-42-18-33(44-40)27-9-11-29-28(15-27)23-52-36-17-30-26(16-31(29)36)10-12-32-39(30)45-41(43-32)35-14-25(22-51-4)20-47(35)38(49)8-6-2/h9-12,15-18,24-25,34-35H,5-8,13-14,19-23H2,1-4H3,(H,42,44)(H,43,45)/t24-,25-,34-,35?/m0/s1. The number of benzene rings is 3. The molecule has 11 heteroatoms. The smallest absolute Gasteiger partial charge is 0.223 e. The van der Waals surface area contributed by atoms with Crippen molar-refractivity contribution in [1.29, 1.82) is 0 Å². The maximum Gasteiger partial charge on any atom is 0.223 e. The lowest BCUT2D eigenvalue weighted by Crippen LogP contribution is -2.31. The van der Waals surface area contributed by atoms with Crippen LogP contribution in [0.1, 0.15) is 81.7 Å². The number of imidazole rings is 2. The first-order valence-electron chi connectivity index (χ1n) is 18.7. The number of aromatic nitrogens is 4. The topological polar surface area (TPSA) is 126 Å². The number of nitrogens with zero attached hydrogens (tertiary/aromatic N) is 4. The summed E-state index contributed by atoms with van der Waals surface area (Å²) in [6.07, 6.45) is 6.24. The summed E-state index contributed by atoms with van der Waals surface area (Å²) < 4.78 is 17.3. The fraction of sp³-hybridized carbons (Fsp3) is 0.463. The molecule has 3 aromatic carbocycles. The van der Waals surface area contributed by atoms with Crippen LogP contribution in [0.3, 0.4) is 0 Å². The molecule has 2 aromatic heterocycles. The van der Waals surface area contributed by atoms with E-state index in [0.29, 0.717) is 51.7 Å². The first-order valence-corrected chi connectivity index (χ1v) is 18.7. The molecule has 3 aliphatic rings. The zero-order valence-corrected chi connectivity index (χ0v) is 30.5. The Kier molecular flexibility index (Phi) is 9.48. The predicted octanol–water partition coefficient (Wildman–Crippen LogP) is 7.34. The van der Waals surface area contributed by atoms with Crippen LogP contribution >= 0.6 is 0 Å². The van der Waals surface area contributed by atoms with Gasteiger partial charge in [-0.25, -0.2) is 9.97 Å².